The van der Waals surface area contributed by atoms with Crippen molar-refractivity contribution in [3.05, 3.63) is 34.3 Å². The van der Waals surface area contributed by atoms with Crippen LogP contribution >= 0.6 is 15.9 Å². The van der Waals surface area contributed by atoms with Gasteiger partial charge in [-0.3, -0.25) is 9.59 Å². The van der Waals surface area contributed by atoms with E-state index in [1.807, 2.05) is 19.9 Å². The second-order valence-electron chi connectivity index (χ2n) is 10.9. The molecule has 3 unspecified atom stereocenters. The van der Waals surface area contributed by atoms with Gasteiger partial charge in [0.15, 0.2) is 11.9 Å². The maximum Gasteiger partial charge on any atom is 0.308 e. The highest BCUT2D eigenvalue weighted by molar-refractivity contribution is 9.10. The molecule has 0 aromatic heterocycles. The second-order valence-corrected chi connectivity index (χ2v) is 11.9. The summed E-state index contributed by atoms with van der Waals surface area (Å²) in [6.45, 7) is 6.10. The van der Waals surface area contributed by atoms with E-state index in [1.165, 1.54) is 0 Å². The van der Waals surface area contributed by atoms with Crippen LogP contribution in [0.15, 0.2) is 28.7 Å². The summed E-state index contributed by atoms with van der Waals surface area (Å²) < 4.78 is 19.1. The Morgan fingerprint density at radius 1 is 1.22 bits per heavy atom. The van der Waals surface area contributed by atoms with Crippen molar-refractivity contribution < 1.29 is 33.6 Å². The monoisotopic (exact) mass is 576 g/mol. The van der Waals surface area contributed by atoms with Crippen LogP contribution < -0.4 is 5.32 Å². The molecule has 9 atom stereocenters. The lowest BCUT2D eigenvalue weighted by atomic mass is 9.58. The number of hydrogen-bond donors (Lipinski definition) is 1. The molecule has 1 spiro atoms. The standard InChI is InChI=1S/C27H33BrN2O7/c1-15-7-8-20-16(2)24(34-25-27(20)19(15)11-12-26(3,35-25)36-37-27)33-23(32)10-9-22(31)30-21(14-29)17-5-4-6-18(28)13-17/h4-6,13,15-16,19-21,24-25H,7-12H2,1-3H3,(H,30,31)/t15-,16-,19?,20?,21?,24-,25-,26+,27-/m1/s1. The van der Waals surface area contributed by atoms with Crippen molar-refractivity contribution in [3.8, 4) is 6.07 Å². The van der Waals surface area contributed by atoms with E-state index >= 15 is 0 Å². The first-order valence-corrected chi connectivity index (χ1v) is 13.8. The van der Waals surface area contributed by atoms with E-state index in [1.54, 1.807) is 18.2 Å². The lowest BCUT2D eigenvalue weighted by molar-refractivity contribution is -0.576. The fourth-order valence-corrected chi connectivity index (χ4v) is 6.94. The number of esters is 1. The first kappa shape index (κ1) is 26.6. The normalized spacial score (nSPS) is 39.0. The minimum Gasteiger partial charge on any atom is -0.435 e. The molecule has 1 amide bonds. The highest BCUT2D eigenvalue weighted by Gasteiger charge is 2.69. The number of fused-ring (bicyclic) bond motifs is 2. The van der Waals surface area contributed by atoms with E-state index in [0.29, 0.717) is 17.9 Å². The molecule has 37 heavy (non-hydrogen) atoms. The maximum atomic E-state index is 12.8. The van der Waals surface area contributed by atoms with E-state index in [-0.39, 0.29) is 30.6 Å². The number of nitriles is 1. The number of nitrogens with one attached hydrogen (secondary N) is 1. The van der Waals surface area contributed by atoms with Crippen molar-refractivity contribution in [2.75, 3.05) is 0 Å². The zero-order chi connectivity index (χ0) is 26.4. The summed E-state index contributed by atoms with van der Waals surface area (Å²) in [7, 11) is 0. The van der Waals surface area contributed by atoms with E-state index in [4.69, 9.17) is 24.0 Å². The molecule has 4 heterocycles. The van der Waals surface area contributed by atoms with Gasteiger partial charge in [0, 0.05) is 29.2 Å². The van der Waals surface area contributed by atoms with E-state index < -0.39 is 41.9 Å². The number of carbonyl (C=O) groups excluding carboxylic acids is 2. The van der Waals surface area contributed by atoms with Crippen LogP contribution in [0.3, 0.4) is 0 Å². The van der Waals surface area contributed by atoms with Crippen LogP contribution in [0.4, 0.5) is 0 Å². The number of benzene rings is 1. The summed E-state index contributed by atoms with van der Waals surface area (Å²) in [6, 6.07) is 8.43. The average Bonchev–Trinajstić information content (AvgIpc) is 3.10. The molecule has 1 saturated carbocycles. The number of hydrogen-bond acceptors (Lipinski definition) is 8. The number of carbonyl (C=O) groups is 2. The summed E-state index contributed by atoms with van der Waals surface area (Å²) in [5.74, 6) is -1.29. The largest absolute Gasteiger partial charge is 0.435 e. The summed E-state index contributed by atoms with van der Waals surface area (Å²) >= 11 is 3.37. The van der Waals surface area contributed by atoms with Gasteiger partial charge in [0.1, 0.15) is 6.04 Å². The summed E-state index contributed by atoms with van der Waals surface area (Å²) in [5.41, 5.74) is -0.0712. The Morgan fingerprint density at radius 2 is 2.03 bits per heavy atom. The molecule has 2 bridgehead atoms. The molecule has 9 nitrogen and oxygen atoms in total. The zero-order valence-electron chi connectivity index (χ0n) is 21.3. The third-order valence-corrected chi connectivity index (χ3v) is 9.01. The summed E-state index contributed by atoms with van der Waals surface area (Å²) in [4.78, 5) is 37.2. The molecule has 4 saturated heterocycles. The van der Waals surface area contributed by atoms with E-state index in [0.717, 1.165) is 23.7 Å². The molecule has 0 radical (unpaired) electrons. The molecule has 6 rings (SSSR count). The van der Waals surface area contributed by atoms with Crippen molar-refractivity contribution in [2.24, 2.45) is 23.7 Å². The van der Waals surface area contributed by atoms with Gasteiger partial charge in [-0.15, -0.1) is 0 Å². The fourth-order valence-electron chi connectivity index (χ4n) is 6.52. The van der Waals surface area contributed by atoms with Crippen LogP contribution in [0.1, 0.15) is 70.9 Å². The van der Waals surface area contributed by atoms with Crippen molar-refractivity contribution in [1.29, 1.82) is 5.26 Å². The third-order valence-electron chi connectivity index (χ3n) is 8.52. The molecule has 10 heteroatoms. The molecule has 1 aliphatic carbocycles. The van der Waals surface area contributed by atoms with Gasteiger partial charge in [0.05, 0.1) is 12.5 Å². The molecular formula is C27H33BrN2O7. The number of nitrogens with zero attached hydrogens (tertiary/aromatic N) is 1. The van der Waals surface area contributed by atoms with Crippen molar-refractivity contribution >= 4 is 27.8 Å². The molecule has 1 aromatic rings. The molecule has 200 valence electrons. The van der Waals surface area contributed by atoms with Crippen LogP contribution in [0.25, 0.3) is 0 Å². The average molecular weight is 577 g/mol. The Bertz CT molecular complexity index is 1090. The maximum absolute atomic E-state index is 12.8. The highest BCUT2D eigenvalue weighted by Crippen LogP contribution is 2.60. The Balaban J connectivity index is 1.21. The van der Waals surface area contributed by atoms with Crippen molar-refractivity contribution in [2.45, 2.75) is 89.3 Å². The van der Waals surface area contributed by atoms with Gasteiger partial charge in [0.2, 0.25) is 18.0 Å². The van der Waals surface area contributed by atoms with Crippen LogP contribution in [0, 0.1) is 35.0 Å². The van der Waals surface area contributed by atoms with Crippen LogP contribution in [0.5, 0.6) is 0 Å². The number of rotatable bonds is 6. The molecule has 4 aliphatic heterocycles. The lowest BCUT2D eigenvalue weighted by Crippen LogP contribution is -2.70. The topological polar surface area (TPSA) is 116 Å². The van der Waals surface area contributed by atoms with Gasteiger partial charge in [-0.25, -0.2) is 9.78 Å². The molecule has 1 aromatic carbocycles. The Labute approximate surface area is 225 Å². The number of amides is 1. The van der Waals surface area contributed by atoms with Gasteiger partial charge < -0.3 is 19.5 Å². The second kappa shape index (κ2) is 10.3. The Morgan fingerprint density at radius 3 is 2.78 bits per heavy atom. The van der Waals surface area contributed by atoms with E-state index in [2.05, 4.69) is 34.2 Å². The first-order valence-electron chi connectivity index (χ1n) is 13.0. The summed E-state index contributed by atoms with van der Waals surface area (Å²) in [5, 5.41) is 12.2. The minimum absolute atomic E-state index is 0.0396. The van der Waals surface area contributed by atoms with Gasteiger partial charge in [0.25, 0.3) is 0 Å². The van der Waals surface area contributed by atoms with Gasteiger partial charge >= 0.3 is 5.97 Å². The predicted octanol–water partition coefficient (Wildman–Crippen LogP) is 4.66. The smallest absolute Gasteiger partial charge is 0.308 e. The van der Waals surface area contributed by atoms with Gasteiger partial charge in [-0.1, -0.05) is 41.9 Å². The van der Waals surface area contributed by atoms with Gasteiger partial charge in [-0.2, -0.15) is 5.26 Å². The molecule has 5 fully saturated rings. The number of ether oxygens (including phenoxy) is 3. The van der Waals surface area contributed by atoms with Crippen LogP contribution in [0.2, 0.25) is 0 Å². The predicted molar refractivity (Wildman–Crippen MR) is 133 cm³/mol. The Hall–Kier alpha value is -2.03. The minimum atomic E-state index is -0.906. The third kappa shape index (κ3) is 4.92. The molecule has 5 aliphatic rings. The van der Waals surface area contributed by atoms with Gasteiger partial charge in [-0.05, 0) is 55.7 Å². The van der Waals surface area contributed by atoms with Crippen molar-refractivity contribution in [3.63, 3.8) is 0 Å². The first-order chi connectivity index (χ1) is 17.6. The Kier molecular flexibility index (Phi) is 7.37. The SMILES string of the molecule is C[C@@H]1CCC2[C@@H](C)[C@H](OC(=O)CCC(=O)NC(C#N)c3cccc(Br)c3)O[C@@H]3O[C@]4(C)CCC1[C@@]23OO4. The van der Waals surface area contributed by atoms with E-state index in [9.17, 15) is 14.9 Å². The molecule has 1 N–H and O–H groups in total. The van der Waals surface area contributed by atoms with Crippen LogP contribution in [-0.2, 0) is 33.6 Å². The van der Waals surface area contributed by atoms with Crippen LogP contribution in [-0.4, -0.2) is 35.8 Å². The quantitative estimate of drug-likeness (QED) is 0.384. The van der Waals surface area contributed by atoms with Crippen molar-refractivity contribution in [1.82, 2.24) is 5.32 Å². The fraction of sp³-hybridized carbons (Fsp3) is 0.667. The molecular weight excluding hydrogens is 544 g/mol. The summed E-state index contributed by atoms with van der Waals surface area (Å²) in [6.07, 6.45) is 1.81. The number of halogens is 1. The lowest BCUT2D eigenvalue weighted by Gasteiger charge is -2.59. The zero-order valence-corrected chi connectivity index (χ0v) is 22.9. The highest BCUT2D eigenvalue weighted by atomic mass is 79.9.